The molecule has 0 aliphatic carbocycles. The lowest BCUT2D eigenvalue weighted by Gasteiger charge is -2.26. The molecule has 26 heavy (non-hydrogen) atoms. The van der Waals surface area contributed by atoms with Crippen LogP contribution < -0.4 is 0 Å². The van der Waals surface area contributed by atoms with Gasteiger partial charge in [0.2, 0.25) is 0 Å². The van der Waals surface area contributed by atoms with Gasteiger partial charge in [-0.05, 0) is 6.42 Å². The summed E-state index contributed by atoms with van der Waals surface area (Å²) in [4.78, 5) is 11.3. The van der Waals surface area contributed by atoms with Crippen LogP contribution in [0.4, 0.5) is 22.0 Å². The van der Waals surface area contributed by atoms with Gasteiger partial charge in [0.05, 0.1) is 0 Å². The number of carbonyl (C=O) groups is 1. The van der Waals surface area contributed by atoms with Crippen LogP contribution in [0.25, 0.3) is 0 Å². The molecule has 0 bridgehead atoms. The van der Waals surface area contributed by atoms with Crippen molar-refractivity contribution in [2.24, 2.45) is 0 Å². The first-order valence-corrected chi connectivity index (χ1v) is 9.89. The van der Waals surface area contributed by atoms with Gasteiger partial charge in [0.1, 0.15) is 0 Å². The third-order valence-corrected chi connectivity index (χ3v) is 4.58. The minimum absolute atomic E-state index is 0.135. The molecule has 11 heteroatoms. The molecule has 1 N–H and O–H groups in total. The van der Waals surface area contributed by atoms with Crippen LogP contribution in [0.1, 0.15) is 71.1 Å². The molecule has 0 heterocycles. The summed E-state index contributed by atoms with van der Waals surface area (Å²) in [7, 11) is -6.40. The Morgan fingerprint density at radius 3 is 1.73 bits per heavy atom. The lowest BCUT2D eigenvalue weighted by molar-refractivity contribution is -0.259. The fraction of sp³-hybridized carbons (Fsp3) is 0.933. The van der Waals surface area contributed by atoms with Crippen LogP contribution in [0.3, 0.4) is 0 Å². The van der Waals surface area contributed by atoms with Crippen LogP contribution in [0.2, 0.25) is 0 Å². The highest BCUT2D eigenvalue weighted by Crippen LogP contribution is 2.38. The van der Waals surface area contributed by atoms with E-state index in [-0.39, 0.29) is 6.42 Å². The predicted octanol–water partition coefficient (Wildman–Crippen LogP) is 4.86. The van der Waals surface area contributed by atoms with Crippen LogP contribution in [-0.4, -0.2) is 36.5 Å². The first-order chi connectivity index (χ1) is 11.8. The maximum absolute atomic E-state index is 13.2. The van der Waals surface area contributed by atoms with E-state index in [1.54, 1.807) is 0 Å². The number of ether oxygens (including phenoxy) is 1. The quantitative estimate of drug-likeness (QED) is 0.202. The Balaban J connectivity index is 4.33. The molecule has 0 aliphatic rings. The van der Waals surface area contributed by atoms with E-state index in [4.69, 9.17) is 4.55 Å². The van der Waals surface area contributed by atoms with Crippen molar-refractivity contribution in [1.29, 1.82) is 0 Å². The van der Waals surface area contributed by atoms with E-state index >= 15 is 0 Å². The molecule has 1 unspecified atom stereocenters. The largest absolute Gasteiger partial charge is 0.445 e. The number of rotatable bonds is 13. The Bertz CT molecular complexity index is 519. The van der Waals surface area contributed by atoms with Gasteiger partial charge in [-0.2, -0.15) is 30.4 Å². The van der Waals surface area contributed by atoms with Crippen molar-refractivity contribution in [3.8, 4) is 0 Å². The van der Waals surface area contributed by atoms with Crippen LogP contribution >= 0.6 is 0 Å². The van der Waals surface area contributed by atoms with E-state index in [2.05, 4.69) is 11.7 Å². The molecule has 0 aromatic rings. The first kappa shape index (κ1) is 25.0. The van der Waals surface area contributed by atoms with E-state index in [0.29, 0.717) is 6.42 Å². The van der Waals surface area contributed by atoms with Crippen molar-refractivity contribution in [1.82, 2.24) is 0 Å². The molecule has 0 amide bonds. The second-order valence-corrected chi connectivity index (χ2v) is 7.52. The summed E-state index contributed by atoms with van der Waals surface area (Å²) in [6.07, 6.45) is -2.90. The molecule has 0 aromatic heterocycles. The van der Waals surface area contributed by atoms with Gasteiger partial charge in [-0.3, -0.25) is 9.35 Å². The standard InChI is InChI=1S/C15H25F5O5S/c1-2-3-4-5-6-7-8-9-10-11-12(21)25-13(14(16,17)18)15(19,20)26(22,23)24/h13H,2-11H2,1H3,(H,22,23,24). The molecule has 0 fully saturated rings. The number of hydrogen-bond acceptors (Lipinski definition) is 4. The topological polar surface area (TPSA) is 80.7 Å². The zero-order chi connectivity index (χ0) is 20.4. The van der Waals surface area contributed by atoms with Crippen LogP contribution in [-0.2, 0) is 19.6 Å². The number of hydrogen-bond donors (Lipinski definition) is 1. The van der Waals surface area contributed by atoms with E-state index < -0.39 is 40.0 Å². The van der Waals surface area contributed by atoms with Crippen LogP contribution in [0.5, 0.6) is 0 Å². The minimum atomic E-state index is -6.40. The summed E-state index contributed by atoms with van der Waals surface area (Å²) in [5.74, 6) is -1.60. The van der Waals surface area contributed by atoms with E-state index in [0.717, 1.165) is 44.9 Å². The number of halogens is 5. The molecule has 5 nitrogen and oxygen atoms in total. The van der Waals surface area contributed by atoms with Gasteiger partial charge in [-0.25, -0.2) is 0 Å². The maximum Gasteiger partial charge on any atom is 0.432 e. The average molecular weight is 412 g/mol. The zero-order valence-electron chi connectivity index (χ0n) is 14.5. The monoisotopic (exact) mass is 412 g/mol. The lowest BCUT2D eigenvalue weighted by atomic mass is 10.1. The molecule has 156 valence electrons. The van der Waals surface area contributed by atoms with Crippen molar-refractivity contribution in [2.75, 3.05) is 0 Å². The Morgan fingerprint density at radius 2 is 1.35 bits per heavy atom. The fourth-order valence-electron chi connectivity index (χ4n) is 2.23. The molecule has 0 aromatic carbocycles. The average Bonchev–Trinajstić information content (AvgIpc) is 2.48. The Morgan fingerprint density at radius 1 is 0.923 bits per heavy atom. The predicted molar refractivity (Wildman–Crippen MR) is 84.3 cm³/mol. The Kier molecular flexibility index (Phi) is 10.6. The highest BCUT2D eigenvalue weighted by molar-refractivity contribution is 7.86. The summed E-state index contributed by atoms with van der Waals surface area (Å²) in [6.45, 7) is 2.09. The Hall–Kier alpha value is -0.970. The van der Waals surface area contributed by atoms with Gasteiger partial charge in [0, 0.05) is 6.42 Å². The Labute approximate surface area is 150 Å². The smallest absolute Gasteiger partial charge is 0.432 e. The number of esters is 1. The zero-order valence-corrected chi connectivity index (χ0v) is 15.3. The molecule has 0 saturated carbocycles. The number of unbranched alkanes of at least 4 members (excludes halogenated alkanes) is 8. The van der Waals surface area contributed by atoms with Gasteiger partial charge in [-0.1, -0.05) is 58.3 Å². The second kappa shape index (κ2) is 11.0. The molecule has 0 saturated heterocycles. The van der Waals surface area contributed by atoms with Crippen molar-refractivity contribution in [3.05, 3.63) is 0 Å². The highest BCUT2D eigenvalue weighted by atomic mass is 32.2. The van der Waals surface area contributed by atoms with Gasteiger partial charge in [-0.15, -0.1) is 0 Å². The van der Waals surface area contributed by atoms with Crippen molar-refractivity contribution < 1.29 is 44.5 Å². The van der Waals surface area contributed by atoms with Gasteiger partial charge >= 0.3 is 27.5 Å². The summed E-state index contributed by atoms with van der Waals surface area (Å²) in [6, 6.07) is 0. The van der Waals surface area contributed by atoms with Crippen molar-refractivity contribution in [3.63, 3.8) is 0 Å². The summed E-state index contributed by atoms with van der Waals surface area (Å²) in [5, 5.41) is -5.68. The molecular weight excluding hydrogens is 387 g/mol. The molecule has 0 rings (SSSR count). The number of carbonyl (C=O) groups excluding carboxylic acids is 1. The molecular formula is C15H25F5O5S. The number of alkyl halides is 5. The SMILES string of the molecule is CCCCCCCCCCCC(=O)OC(C(F)(F)F)C(F)(F)S(=O)(=O)O. The van der Waals surface area contributed by atoms with Gasteiger partial charge in [0.25, 0.3) is 6.10 Å². The maximum atomic E-state index is 13.2. The van der Waals surface area contributed by atoms with E-state index in [9.17, 15) is 35.2 Å². The van der Waals surface area contributed by atoms with Crippen molar-refractivity contribution in [2.45, 2.75) is 88.7 Å². The molecule has 0 radical (unpaired) electrons. The van der Waals surface area contributed by atoms with Crippen LogP contribution in [0, 0.1) is 0 Å². The van der Waals surface area contributed by atoms with Gasteiger partial charge < -0.3 is 4.74 Å². The van der Waals surface area contributed by atoms with Crippen LogP contribution in [0.15, 0.2) is 0 Å². The third kappa shape index (κ3) is 9.11. The van der Waals surface area contributed by atoms with Crippen molar-refractivity contribution >= 4 is 16.1 Å². The summed E-state index contributed by atoms with van der Waals surface area (Å²) in [5.41, 5.74) is 0. The molecule has 0 aliphatic heterocycles. The first-order valence-electron chi connectivity index (χ1n) is 8.45. The highest BCUT2D eigenvalue weighted by Gasteiger charge is 2.65. The summed E-state index contributed by atoms with van der Waals surface area (Å²) >= 11 is 0. The van der Waals surface area contributed by atoms with E-state index in [1.165, 1.54) is 0 Å². The van der Waals surface area contributed by atoms with Gasteiger partial charge in [0.15, 0.2) is 0 Å². The molecule has 1 atom stereocenters. The summed E-state index contributed by atoms with van der Waals surface area (Å²) < 4.78 is 97.1. The fourth-order valence-corrected chi connectivity index (χ4v) is 2.68. The van der Waals surface area contributed by atoms with E-state index in [1.807, 2.05) is 0 Å². The molecule has 0 spiro atoms. The third-order valence-electron chi connectivity index (χ3n) is 3.68. The minimum Gasteiger partial charge on any atom is -0.445 e. The normalized spacial score (nSPS) is 14.3. The lowest BCUT2D eigenvalue weighted by Crippen LogP contribution is -2.52. The second-order valence-electron chi connectivity index (χ2n) is 6.03.